The summed E-state index contributed by atoms with van der Waals surface area (Å²) in [4.78, 5) is 38.8. The third-order valence-electron chi connectivity index (χ3n) is 4.76. The number of hydrogen-bond acceptors (Lipinski definition) is 11. The Balaban J connectivity index is 1.49. The van der Waals surface area contributed by atoms with Gasteiger partial charge in [0.25, 0.3) is 0 Å². The monoisotopic (exact) mass is 498 g/mol. The molecule has 176 valence electrons. The van der Waals surface area contributed by atoms with Gasteiger partial charge in [0.2, 0.25) is 5.71 Å². The number of carbonyl (C=O) groups excluding carboxylic acids is 2. The van der Waals surface area contributed by atoms with Crippen molar-refractivity contribution in [1.82, 2.24) is 15.0 Å². The number of rotatable bonds is 8. The van der Waals surface area contributed by atoms with Gasteiger partial charge in [-0.2, -0.15) is 4.98 Å². The van der Waals surface area contributed by atoms with E-state index in [4.69, 9.17) is 19.6 Å². The Labute approximate surface area is 203 Å². The molecule has 0 fully saturated rings. The lowest BCUT2D eigenvalue weighted by atomic mass is 10.2. The van der Waals surface area contributed by atoms with Crippen LogP contribution in [0.15, 0.2) is 39.0 Å². The third-order valence-corrected chi connectivity index (χ3v) is 6.69. The molecule has 2 N–H and O–H groups in total. The number of benzene rings is 1. The summed E-state index contributed by atoms with van der Waals surface area (Å²) in [5, 5.41) is 3.29. The molecule has 4 aromatic rings. The Morgan fingerprint density at radius 1 is 1.12 bits per heavy atom. The highest BCUT2D eigenvalue weighted by atomic mass is 32.2. The number of anilines is 1. The van der Waals surface area contributed by atoms with Crippen molar-refractivity contribution in [2.45, 2.75) is 38.0 Å². The topological polar surface area (TPSA) is 130 Å². The second-order valence-electron chi connectivity index (χ2n) is 7.18. The quantitative estimate of drug-likeness (QED) is 0.269. The van der Waals surface area contributed by atoms with Gasteiger partial charge >= 0.3 is 11.9 Å². The number of nitrogen functional groups attached to an aromatic ring is 1. The van der Waals surface area contributed by atoms with Gasteiger partial charge in [0, 0.05) is 16.0 Å². The average molecular weight is 499 g/mol. The molecule has 11 heteroatoms. The fraction of sp³-hybridized carbons (Fsp3) is 0.261. The van der Waals surface area contributed by atoms with E-state index < -0.39 is 11.9 Å². The number of nitrogens with two attached hydrogens (primary N) is 1. The van der Waals surface area contributed by atoms with Crippen LogP contribution in [0, 0.1) is 13.8 Å². The highest BCUT2D eigenvalue weighted by Gasteiger charge is 2.24. The van der Waals surface area contributed by atoms with Crippen molar-refractivity contribution < 1.29 is 23.5 Å². The van der Waals surface area contributed by atoms with Crippen LogP contribution in [0.5, 0.6) is 0 Å². The summed E-state index contributed by atoms with van der Waals surface area (Å²) in [7, 11) is 0. The number of ether oxygens (including phenoxy) is 2. The molecule has 3 aromatic heterocycles. The lowest BCUT2D eigenvalue weighted by Gasteiger charge is -2.09. The molecule has 34 heavy (non-hydrogen) atoms. The zero-order valence-corrected chi connectivity index (χ0v) is 20.4. The van der Waals surface area contributed by atoms with Crippen molar-refractivity contribution in [3.8, 4) is 0 Å². The Morgan fingerprint density at radius 2 is 1.91 bits per heavy atom. The van der Waals surface area contributed by atoms with Gasteiger partial charge in [-0.05, 0) is 32.9 Å². The summed E-state index contributed by atoms with van der Waals surface area (Å²) < 4.78 is 16.1. The van der Waals surface area contributed by atoms with Crippen LogP contribution in [0.1, 0.15) is 49.9 Å². The van der Waals surface area contributed by atoms with Gasteiger partial charge in [-0.3, -0.25) is 0 Å². The van der Waals surface area contributed by atoms with Crippen LogP contribution >= 0.6 is 23.1 Å². The van der Waals surface area contributed by atoms with E-state index in [2.05, 4.69) is 15.0 Å². The molecule has 0 unspecified atom stereocenters. The molecule has 4 rings (SSSR count). The van der Waals surface area contributed by atoms with Crippen LogP contribution in [0.3, 0.4) is 0 Å². The third kappa shape index (κ3) is 5.05. The number of fused-ring (bicyclic) bond motifs is 1. The van der Waals surface area contributed by atoms with Crippen molar-refractivity contribution in [3.63, 3.8) is 0 Å². The molecular weight excluding hydrogens is 476 g/mol. The summed E-state index contributed by atoms with van der Waals surface area (Å²) in [6.45, 7) is 5.28. The minimum absolute atomic E-state index is 0.0467. The molecule has 9 nitrogen and oxygen atoms in total. The standard InChI is InChI=1S/C23H22N4O5S2/c1-4-30-23(29)18-12(2)32-21-19(18)20(24)26-17(27-21)9-31-22(28)15-7-5-6-8-16(15)34-11-14-10-33-13(3)25-14/h5-8,10H,4,9,11H2,1-3H3,(H2,24,26,27). The zero-order chi connectivity index (χ0) is 24.2. The SMILES string of the molecule is CCOC(=O)c1c(C)oc2nc(COC(=O)c3ccccc3SCc3csc(C)n3)nc(N)c12. The fourth-order valence-corrected chi connectivity index (χ4v) is 4.94. The highest BCUT2D eigenvalue weighted by molar-refractivity contribution is 7.98. The van der Waals surface area contributed by atoms with E-state index in [0.29, 0.717) is 17.1 Å². The number of thiazole rings is 1. The second kappa shape index (κ2) is 10.2. The summed E-state index contributed by atoms with van der Waals surface area (Å²) >= 11 is 3.10. The smallest absolute Gasteiger partial charge is 0.342 e. The molecule has 1 aromatic carbocycles. The Hall–Kier alpha value is -3.44. The van der Waals surface area contributed by atoms with Gasteiger partial charge in [-0.25, -0.2) is 19.6 Å². The molecular formula is C23H22N4O5S2. The molecule has 0 spiro atoms. The summed E-state index contributed by atoms with van der Waals surface area (Å²) in [6.07, 6.45) is 0. The number of furan rings is 1. The van der Waals surface area contributed by atoms with E-state index >= 15 is 0 Å². The van der Waals surface area contributed by atoms with Gasteiger partial charge in [-0.1, -0.05) is 12.1 Å². The predicted molar refractivity (Wildman–Crippen MR) is 129 cm³/mol. The maximum atomic E-state index is 12.8. The van der Waals surface area contributed by atoms with Gasteiger partial charge in [-0.15, -0.1) is 23.1 Å². The van der Waals surface area contributed by atoms with Crippen molar-refractivity contribution >= 4 is 52.0 Å². The van der Waals surface area contributed by atoms with Crippen LogP contribution in [0.4, 0.5) is 5.82 Å². The average Bonchev–Trinajstić information content (AvgIpc) is 3.38. The number of hydrogen-bond donors (Lipinski definition) is 1. The molecule has 0 saturated carbocycles. The van der Waals surface area contributed by atoms with E-state index in [1.807, 2.05) is 24.4 Å². The molecule has 0 radical (unpaired) electrons. The fourth-order valence-electron chi connectivity index (χ4n) is 3.29. The lowest BCUT2D eigenvalue weighted by molar-refractivity contribution is 0.0457. The van der Waals surface area contributed by atoms with Gasteiger partial charge in [0.05, 0.1) is 28.3 Å². The van der Waals surface area contributed by atoms with Crippen molar-refractivity contribution in [3.05, 3.63) is 63.1 Å². The van der Waals surface area contributed by atoms with Crippen LogP contribution in [-0.2, 0) is 21.8 Å². The first-order valence-electron chi connectivity index (χ1n) is 10.4. The number of nitrogens with zero attached hydrogens (tertiary/aromatic N) is 3. The largest absolute Gasteiger partial charge is 0.462 e. The summed E-state index contributed by atoms with van der Waals surface area (Å²) in [6, 6.07) is 7.21. The first-order valence-corrected chi connectivity index (χ1v) is 12.3. The molecule has 0 aliphatic carbocycles. The Kier molecular flexibility index (Phi) is 7.13. The van der Waals surface area contributed by atoms with Crippen LogP contribution in [0.25, 0.3) is 11.1 Å². The minimum atomic E-state index is -0.560. The van der Waals surface area contributed by atoms with E-state index in [1.165, 1.54) is 11.8 Å². The van der Waals surface area contributed by atoms with Crippen molar-refractivity contribution in [2.24, 2.45) is 0 Å². The van der Waals surface area contributed by atoms with E-state index in [9.17, 15) is 9.59 Å². The van der Waals surface area contributed by atoms with Crippen LogP contribution < -0.4 is 5.73 Å². The number of aryl methyl sites for hydroxylation is 2. The van der Waals surface area contributed by atoms with Gasteiger partial charge in [0.15, 0.2) is 12.4 Å². The number of esters is 2. The van der Waals surface area contributed by atoms with E-state index in [0.717, 1.165) is 15.6 Å². The van der Waals surface area contributed by atoms with E-state index in [1.54, 1.807) is 37.3 Å². The summed E-state index contributed by atoms with van der Waals surface area (Å²) in [5.74, 6) is 0.102. The molecule has 0 atom stereocenters. The zero-order valence-electron chi connectivity index (χ0n) is 18.8. The van der Waals surface area contributed by atoms with Crippen LogP contribution in [-0.4, -0.2) is 33.5 Å². The maximum absolute atomic E-state index is 12.8. The van der Waals surface area contributed by atoms with Crippen LogP contribution in [0.2, 0.25) is 0 Å². The first kappa shape index (κ1) is 23.7. The maximum Gasteiger partial charge on any atom is 0.342 e. The second-order valence-corrected chi connectivity index (χ2v) is 9.26. The molecule has 0 saturated heterocycles. The lowest BCUT2D eigenvalue weighted by Crippen LogP contribution is -2.10. The first-order chi connectivity index (χ1) is 16.4. The molecule has 0 amide bonds. The Morgan fingerprint density at radius 3 is 2.65 bits per heavy atom. The molecule has 0 aliphatic rings. The number of thioether (sulfide) groups is 1. The van der Waals surface area contributed by atoms with Crippen molar-refractivity contribution in [1.29, 1.82) is 0 Å². The van der Waals surface area contributed by atoms with E-state index in [-0.39, 0.29) is 41.5 Å². The van der Waals surface area contributed by atoms with Gasteiger partial charge < -0.3 is 19.6 Å². The van der Waals surface area contributed by atoms with Gasteiger partial charge in [0.1, 0.15) is 17.1 Å². The highest BCUT2D eigenvalue weighted by Crippen LogP contribution is 2.30. The normalized spacial score (nSPS) is 11.0. The number of carbonyl (C=O) groups is 2. The Bertz CT molecular complexity index is 1360. The number of aromatic nitrogens is 3. The minimum Gasteiger partial charge on any atom is -0.462 e. The molecule has 0 bridgehead atoms. The molecule has 0 aliphatic heterocycles. The van der Waals surface area contributed by atoms with Crippen molar-refractivity contribution in [2.75, 3.05) is 12.3 Å². The predicted octanol–water partition coefficient (Wildman–Crippen LogP) is 4.70. The summed E-state index contributed by atoms with van der Waals surface area (Å²) in [5.41, 5.74) is 7.80. The molecule has 3 heterocycles.